The Kier molecular flexibility index (Phi) is 6.35. The number of fused-ring (bicyclic) bond motifs is 1. The molecule has 2 rings (SSSR count). The van der Waals surface area contributed by atoms with E-state index in [1.165, 1.54) is 14.2 Å². The topological polar surface area (TPSA) is 97.8 Å². The first-order valence-electron chi connectivity index (χ1n) is 8.21. The highest BCUT2D eigenvalue weighted by atomic mass is 16.5. The van der Waals surface area contributed by atoms with Crippen LogP contribution in [0.3, 0.4) is 0 Å². The predicted molar refractivity (Wildman–Crippen MR) is 94.2 cm³/mol. The van der Waals surface area contributed by atoms with Gasteiger partial charge in [0.15, 0.2) is 23.9 Å². The fourth-order valence-electron chi connectivity index (χ4n) is 2.55. The van der Waals surface area contributed by atoms with E-state index in [0.29, 0.717) is 47.9 Å². The summed E-state index contributed by atoms with van der Waals surface area (Å²) in [7, 11) is 4.93. The molecule has 1 unspecified atom stereocenters. The lowest BCUT2D eigenvalue weighted by molar-refractivity contribution is -0.886. The van der Waals surface area contributed by atoms with Crippen LogP contribution in [0.5, 0.6) is 11.5 Å². The highest BCUT2D eigenvalue weighted by Gasteiger charge is 2.14. The van der Waals surface area contributed by atoms with E-state index in [4.69, 9.17) is 9.47 Å². The number of quaternary nitrogens is 1. The molecule has 0 saturated heterocycles. The third-order valence-electron chi connectivity index (χ3n) is 3.76. The first-order chi connectivity index (χ1) is 12.0. The van der Waals surface area contributed by atoms with Gasteiger partial charge in [-0.1, -0.05) is 6.92 Å². The Morgan fingerprint density at radius 3 is 2.60 bits per heavy atom. The molecule has 1 heterocycles. The molecule has 0 saturated carbocycles. The summed E-state index contributed by atoms with van der Waals surface area (Å²) in [6, 6.07) is 3.29. The van der Waals surface area contributed by atoms with Crippen molar-refractivity contribution in [1.82, 2.24) is 15.3 Å². The monoisotopic (exact) mass is 349 g/mol. The summed E-state index contributed by atoms with van der Waals surface area (Å²) in [5.74, 6) is 1.49. The number of carbonyl (C=O) groups excluding carboxylic acids is 1. The number of aromatic amines is 1. The Morgan fingerprint density at radius 1 is 1.28 bits per heavy atom. The van der Waals surface area contributed by atoms with Crippen molar-refractivity contribution in [2.24, 2.45) is 0 Å². The number of ether oxygens (including phenoxy) is 2. The van der Waals surface area contributed by atoms with Crippen molar-refractivity contribution in [3.8, 4) is 11.5 Å². The second-order valence-electron chi connectivity index (χ2n) is 5.90. The normalized spacial score (nSPS) is 12.0. The summed E-state index contributed by atoms with van der Waals surface area (Å²) in [4.78, 5) is 32.3. The van der Waals surface area contributed by atoms with Crippen LogP contribution in [0.25, 0.3) is 10.9 Å². The minimum atomic E-state index is -0.246. The zero-order valence-corrected chi connectivity index (χ0v) is 15.1. The maximum absolute atomic E-state index is 12.3. The van der Waals surface area contributed by atoms with Crippen LogP contribution in [0.15, 0.2) is 16.9 Å². The second kappa shape index (κ2) is 8.48. The number of hydrogen-bond acceptors (Lipinski definition) is 5. The number of nitrogens with zero attached hydrogens (tertiary/aromatic N) is 1. The summed E-state index contributed by atoms with van der Waals surface area (Å²) >= 11 is 0. The molecule has 0 aliphatic carbocycles. The van der Waals surface area contributed by atoms with Crippen molar-refractivity contribution in [2.45, 2.75) is 19.9 Å². The van der Waals surface area contributed by atoms with Gasteiger partial charge >= 0.3 is 0 Å². The van der Waals surface area contributed by atoms with Gasteiger partial charge in [0.25, 0.3) is 11.5 Å². The van der Waals surface area contributed by atoms with Gasteiger partial charge in [-0.15, -0.1) is 0 Å². The van der Waals surface area contributed by atoms with Crippen molar-refractivity contribution < 1.29 is 19.2 Å². The fourth-order valence-corrected chi connectivity index (χ4v) is 2.55. The van der Waals surface area contributed by atoms with E-state index < -0.39 is 0 Å². The second-order valence-corrected chi connectivity index (χ2v) is 5.90. The maximum Gasteiger partial charge on any atom is 0.275 e. The van der Waals surface area contributed by atoms with E-state index in [0.717, 1.165) is 11.3 Å². The van der Waals surface area contributed by atoms with E-state index in [-0.39, 0.29) is 11.5 Å². The molecule has 2 aromatic rings. The van der Waals surface area contributed by atoms with E-state index in [9.17, 15) is 9.59 Å². The summed E-state index contributed by atoms with van der Waals surface area (Å²) in [6.07, 6.45) is 0.898. The third-order valence-corrected chi connectivity index (χ3v) is 3.76. The molecule has 0 spiro atoms. The van der Waals surface area contributed by atoms with Crippen molar-refractivity contribution in [3.63, 3.8) is 0 Å². The first kappa shape index (κ1) is 18.7. The molecule has 0 radical (unpaired) electrons. The number of likely N-dealkylation sites (N-methyl/N-ethyl adjacent to an activating group) is 1. The van der Waals surface area contributed by atoms with Crippen molar-refractivity contribution >= 4 is 16.8 Å². The van der Waals surface area contributed by atoms with Crippen LogP contribution in [0, 0.1) is 0 Å². The lowest BCUT2D eigenvalue weighted by Gasteiger charge is -2.14. The van der Waals surface area contributed by atoms with Crippen LogP contribution in [0.1, 0.15) is 19.2 Å². The molecule has 25 heavy (non-hydrogen) atoms. The number of methoxy groups -OCH3 is 2. The molecule has 8 heteroatoms. The Hall–Kier alpha value is -2.61. The molecular formula is C17H25N4O4+. The molecule has 0 bridgehead atoms. The van der Waals surface area contributed by atoms with Gasteiger partial charge in [-0.25, -0.2) is 4.98 Å². The summed E-state index contributed by atoms with van der Waals surface area (Å²) in [6.45, 7) is 3.41. The molecule has 1 aromatic carbocycles. The van der Waals surface area contributed by atoms with Crippen LogP contribution in [-0.2, 0) is 11.3 Å². The molecule has 0 aliphatic heterocycles. The molecule has 1 aromatic heterocycles. The Labute approximate surface area is 146 Å². The molecule has 8 nitrogen and oxygen atoms in total. The number of benzene rings is 1. The smallest absolute Gasteiger partial charge is 0.275 e. The average Bonchev–Trinajstić information content (AvgIpc) is 2.58. The number of amides is 1. The quantitative estimate of drug-likeness (QED) is 0.596. The zero-order valence-electron chi connectivity index (χ0n) is 15.1. The van der Waals surface area contributed by atoms with Gasteiger partial charge in [0.2, 0.25) is 0 Å². The zero-order chi connectivity index (χ0) is 18.4. The lowest BCUT2D eigenvalue weighted by Crippen LogP contribution is -3.09. The van der Waals surface area contributed by atoms with E-state index in [2.05, 4.69) is 15.3 Å². The molecular weight excluding hydrogens is 324 g/mol. The number of H-pyrrole nitrogens is 1. The van der Waals surface area contributed by atoms with Crippen LogP contribution in [0.2, 0.25) is 0 Å². The highest BCUT2D eigenvalue weighted by molar-refractivity contribution is 5.81. The van der Waals surface area contributed by atoms with Crippen molar-refractivity contribution in [1.29, 1.82) is 0 Å². The van der Waals surface area contributed by atoms with E-state index in [1.807, 2.05) is 14.0 Å². The SMILES string of the molecule is CCCNC(=O)C[NH+](C)Cc1nc2cc(OC)c(OC)cc2c(=O)[nH]1. The Morgan fingerprint density at radius 2 is 1.96 bits per heavy atom. The number of nitrogens with one attached hydrogen (secondary N) is 3. The molecule has 3 N–H and O–H groups in total. The van der Waals surface area contributed by atoms with Crippen LogP contribution in [0.4, 0.5) is 0 Å². The minimum absolute atomic E-state index is 0.0195. The van der Waals surface area contributed by atoms with Gasteiger partial charge in [-0.05, 0) is 12.5 Å². The van der Waals surface area contributed by atoms with Crippen LogP contribution >= 0.6 is 0 Å². The summed E-state index contributed by atoms with van der Waals surface area (Å²) in [5.41, 5.74) is 0.281. The molecule has 1 amide bonds. The number of aromatic nitrogens is 2. The van der Waals surface area contributed by atoms with Gasteiger partial charge in [-0.2, -0.15) is 0 Å². The molecule has 136 valence electrons. The largest absolute Gasteiger partial charge is 0.493 e. The lowest BCUT2D eigenvalue weighted by atomic mass is 10.2. The van der Waals surface area contributed by atoms with Gasteiger partial charge in [0.1, 0.15) is 6.54 Å². The number of hydrogen-bond donors (Lipinski definition) is 3. The average molecular weight is 349 g/mol. The first-order valence-corrected chi connectivity index (χ1v) is 8.21. The summed E-state index contributed by atoms with van der Waals surface area (Å²) in [5, 5.41) is 3.27. The molecule has 0 aliphatic rings. The Balaban J connectivity index is 2.22. The van der Waals surface area contributed by atoms with Crippen molar-refractivity contribution in [3.05, 3.63) is 28.3 Å². The van der Waals surface area contributed by atoms with Gasteiger partial charge in [0.05, 0.1) is 32.2 Å². The summed E-state index contributed by atoms with van der Waals surface area (Å²) < 4.78 is 10.5. The maximum atomic E-state index is 12.3. The molecule has 1 atom stereocenters. The fraction of sp³-hybridized carbons (Fsp3) is 0.471. The Bertz CT molecular complexity index is 803. The van der Waals surface area contributed by atoms with E-state index >= 15 is 0 Å². The standard InChI is InChI=1S/C17H24N4O4/c1-5-6-18-16(22)10-21(2)9-15-19-12-8-14(25-4)13(24-3)7-11(12)17(23)20-15/h7-8H,5-6,9-10H2,1-4H3,(H,18,22)(H,19,20,23)/p+1. The van der Waals surface area contributed by atoms with Gasteiger partial charge in [-0.3, -0.25) is 9.59 Å². The number of rotatable bonds is 8. The molecule has 0 fully saturated rings. The predicted octanol–water partition coefficient (Wildman–Crippen LogP) is -0.519. The van der Waals surface area contributed by atoms with Crippen LogP contribution < -0.4 is 25.2 Å². The highest BCUT2D eigenvalue weighted by Crippen LogP contribution is 2.29. The van der Waals surface area contributed by atoms with Gasteiger partial charge < -0.3 is 24.7 Å². The number of carbonyl (C=O) groups is 1. The van der Waals surface area contributed by atoms with Crippen LogP contribution in [-0.4, -0.2) is 50.2 Å². The van der Waals surface area contributed by atoms with E-state index in [1.54, 1.807) is 12.1 Å². The van der Waals surface area contributed by atoms with Crippen molar-refractivity contribution in [2.75, 3.05) is 34.4 Å². The van der Waals surface area contributed by atoms with Gasteiger partial charge in [0, 0.05) is 12.6 Å². The third kappa shape index (κ3) is 4.69. The minimum Gasteiger partial charge on any atom is -0.493 e.